The van der Waals surface area contributed by atoms with Gasteiger partial charge < -0.3 is 19.4 Å². The van der Waals surface area contributed by atoms with Gasteiger partial charge in [-0.15, -0.1) is 10.2 Å². The Bertz CT molecular complexity index is 884. The van der Waals surface area contributed by atoms with Gasteiger partial charge in [-0.05, 0) is 74.7 Å². The Labute approximate surface area is 165 Å². The van der Waals surface area contributed by atoms with Crippen molar-refractivity contribution in [2.45, 2.75) is 32.2 Å². The molecular weight excluding hydrogens is 352 g/mol. The van der Waals surface area contributed by atoms with E-state index in [1.807, 2.05) is 31.2 Å². The Morgan fingerprint density at radius 2 is 1.68 bits per heavy atom. The first-order valence-electron chi connectivity index (χ1n) is 9.82. The van der Waals surface area contributed by atoms with Crippen LogP contribution in [0.4, 0.5) is 11.4 Å². The fourth-order valence-corrected chi connectivity index (χ4v) is 3.49. The minimum absolute atomic E-state index is 0.0830. The Morgan fingerprint density at radius 1 is 0.964 bits per heavy atom. The molecule has 0 amide bonds. The molecule has 4 rings (SSSR count). The number of aromatic nitrogens is 2. The number of rotatable bonds is 6. The van der Waals surface area contributed by atoms with Crippen LogP contribution in [0.2, 0.25) is 0 Å². The Hall–Kier alpha value is -3.02. The van der Waals surface area contributed by atoms with Gasteiger partial charge in [0.25, 0.3) is 0 Å². The van der Waals surface area contributed by atoms with E-state index in [1.54, 1.807) is 7.11 Å². The van der Waals surface area contributed by atoms with Crippen LogP contribution in [0.5, 0.6) is 5.75 Å². The van der Waals surface area contributed by atoms with E-state index >= 15 is 0 Å². The predicted molar refractivity (Wildman–Crippen MR) is 111 cm³/mol. The molecule has 1 atom stereocenters. The molecule has 0 unspecified atom stereocenters. The van der Waals surface area contributed by atoms with E-state index in [1.165, 1.54) is 24.9 Å². The molecule has 0 radical (unpaired) electrons. The maximum absolute atomic E-state index is 5.86. The predicted octanol–water partition coefficient (Wildman–Crippen LogP) is 4.91. The van der Waals surface area contributed by atoms with Crippen LogP contribution in [0.1, 0.15) is 38.1 Å². The lowest BCUT2D eigenvalue weighted by Gasteiger charge is -2.29. The van der Waals surface area contributed by atoms with Crippen LogP contribution < -0.4 is 15.0 Å². The molecule has 6 heteroatoms. The molecule has 0 saturated carbocycles. The lowest BCUT2D eigenvalue weighted by Crippen LogP contribution is -2.29. The average Bonchev–Trinajstić information content (AvgIpc) is 3.25. The highest BCUT2D eigenvalue weighted by Gasteiger charge is 2.16. The Morgan fingerprint density at radius 3 is 2.36 bits per heavy atom. The van der Waals surface area contributed by atoms with Gasteiger partial charge in [-0.25, -0.2) is 0 Å². The number of anilines is 2. The first kappa shape index (κ1) is 18.3. The molecule has 2 heterocycles. The average molecular weight is 378 g/mol. The second kappa shape index (κ2) is 8.33. The summed E-state index contributed by atoms with van der Waals surface area (Å²) >= 11 is 0. The number of benzene rings is 2. The molecular formula is C22H26N4O2. The number of hydrogen-bond donors (Lipinski definition) is 1. The zero-order chi connectivity index (χ0) is 19.3. The number of methoxy groups -OCH3 is 1. The van der Waals surface area contributed by atoms with E-state index in [0.717, 1.165) is 30.1 Å². The highest BCUT2D eigenvalue weighted by Crippen LogP contribution is 2.26. The number of hydrogen-bond acceptors (Lipinski definition) is 6. The largest absolute Gasteiger partial charge is 0.497 e. The first-order valence-corrected chi connectivity index (χ1v) is 9.82. The van der Waals surface area contributed by atoms with Gasteiger partial charge in [-0.3, -0.25) is 0 Å². The van der Waals surface area contributed by atoms with Gasteiger partial charge in [-0.1, -0.05) is 0 Å². The highest BCUT2D eigenvalue weighted by atomic mass is 16.5. The standard InChI is InChI=1S/C22H26N4O2/c1-16(21-24-25-22(28-21)17-6-12-20(27-2)13-7-17)23-18-8-10-19(11-9-18)26-14-4-3-5-15-26/h6-13,16,23H,3-5,14-15H2,1-2H3/t16-/m1/s1. The summed E-state index contributed by atoms with van der Waals surface area (Å²) in [6.07, 6.45) is 3.91. The smallest absolute Gasteiger partial charge is 0.247 e. The Balaban J connectivity index is 1.40. The van der Waals surface area contributed by atoms with Crippen LogP contribution >= 0.6 is 0 Å². The van der Waals surface area contributed by atoms with Crippen molar-refractivity contribution in [3.63, 3.8) is 0 Å². The number of nitrogens with zero attached hydrogens (tertiary/aromatic N) is 3. The van der Waals surface area contributed by atoms with Crippen molar-refractivity contribution in [1.82, 2.24) is 10.2 Å². The van der Waals surface area contributed by atoms with Crippen molar-refractivity contribution in [2.24, 2.45) is 0 Å². The fourth-order valence-electron chi connectivity index (χ4n) is 3.49. The summed E-state index contributed by atoms with van der Waals surface area (Å²) in [5.74, 6) is 1.86. The zero-order valence-electron chi connectivity index (χ0n) is 16.4. The summed E-state index contributed by atoms with van der Waals surface area (Å²) in [6.45, 7) is 4.32. The fraction of sp³-hybridized carbons (Fsp3) is 0.364. The third-order valence-corrected chi connectivity index (χ3v) is 5.12. The zero-order valence-corrected chi connectivity index (χ0v) is 16.4. The monoisotopic (exact) mass is 378 g/mol. The van der Waals surface area contributed by atoms with Crippen LogP contribution in [0.3, 0.4) is 0 Å². The maximum Gasteiger partial charge on any atom is 0.247 e. The van der Waals surface area contributed by atoms with Crippen LogP contribution in [0.25, 0.3) is 11.5 Å². The summed E-state index contributed by atoms with van der Waals surface area (Å²) in [6, 6.07) is 16.1. The molecule has 28 heavy (non-hydrogen) atoms. The topological polar surface area (TPSA) is 63.4 Å². The summed E-state index contributed by atoms with van der Waals surface area (Å²) in [4.78, 5) is 2.45. The van der Waals surface area contributed by atoms with E-state index in [-0.39, 0.29) is 6.04 Å². The normalized spacial score (nSPS) is 15.3. The van der Waals surface area contributed by atoms with Gasteiger partial charge in [0.15, 0.2) is 0 Å². The Kier molecular flexibility index (Phi) is 5.46. The van der Waals surface area contributed by atoms with E-state index < -0.39 is 0 Å². The van der Waals surface area contributed by atoms with Gasteiger partial charge in [0.1, 0.15) is 11.8 Å². The van der Waals surface area contributed by atoms with Gasteiger partial charge in [0, 0.05) is 30.0 Å². The maximum atomic E-state index is 5.86. The molecule has 0 aliphatic carbocycles. The number of piperidine rings is 1. The molecule has 1 saturated heterocycles. The van der Waals surface area contributed by atoms with E-state index in [2.05, 4.69) is 44.7 Å². The molecule has 2 aromatic carbocycles. The van der Waals surface area contributed by atoms with Crippen molar-refractivity contribution in [1.29, 1.82) is 0 Å². The van der Waals surface area contributed by atoms with Crippen LogP contribution in [0, 0.1) is 0 Å². The van der Waals surface area contributed by atoms with Crippen LogP contribution in [0.15, 0.2) is 52.9 Å². The molecule has 0 spiro atoms. The van der Waals surface area contributed by atoms with Crippen molar-refractivity contribution < 1.29 is 9.15 Å². The second-order valence-corrected chi connectivity index (χ2v) is 7.13. The lowest BCUT2D eigenvalue weighted by molar-refractivity contribution is 0.415. The first-order chi connectivity index (χ1) is 13.7. The summed E-state index contributed by atoms with van der Waals surface area (Å²) in [5, 5.41) is 11.8. The SMILES string of the molecule is COc1ccc(-c2nnc([C@@H](C)Nc3ccc(N4CCCCC4)cc3)o2)cc1. The van der Waals surface area contributed by atoms with Gasteiger partial charge >= 0.3 is 0 Å². The number of nitrogens with one attached hydrogen (secondary N) is 1. The molecule has 146 valence electrons. The third-order valence-electron chi connectivity index (χ3n) is 5.12. The van der Waals surface area contributed by atoms with Gasteiger partial charge in [-0.2, -0.15) is 0 Å². The van der Waals surface area contributed by atoms with Crippen molar-refractivity contribution in [3.05, 3.63) is 54.4 Å². The van der Waals surface area contributed by atoms with E-state index in [9.17, 15) is 0 Å². The van der Waals surface area contributed by atoms with E-state index in [4.69, 9.17) is 9.15 Å². The van der Waals surface area contributed by atoms with Crippen LogP contribution in [-0.2, 0) is 0 Å². The molecule has 0 bridgehead atoms. The quantitative estimate of drug-likeness (QED) is 0.658. The number of ether oxygens (including phenoxy) is 1. The van der Waals surface area contributed by atoms with Crippen LogP contribution in [-0.4, -0.2) is 30.4 Å². The summed E-state index contributed by atoms with van der Waals surface area (Å²) in [5.41, 5.74) is 3.20. The molecule has 3 aromatic rings. The van der Waals surface area contributed by atoms with Gasteiger partial charge in [0.05, 0.1) is 7.11 Å². The molecule has 1 aliphatic rings. The summed E-state index contributed by atoms with van der Waals surface area (Å²) in [7, 11) is 1.65. The summed E-state index contributed by atoms with van der Waals surface area (Å²) < 4.78 is 11.0. The van der Waals surface area contributed by atoms with E-state index in [0.29, 0.717) is 11.8 Å². The molecule has 6 nitrogen and oxygen atoms in total. The minimum atomic E-state index is -0.0830. The third kappa shape index (κ3) is 4.11. The van der Waals surface area contributed by atoms with Crippen molar-refractivity contribution in [3.8, 4) is 17.2 Å². The van der Waals surface area contributed by atoms with Gasteiger partial charge in [0.2, 0.25) is 11.8 Å². The van der Waals surface area contributed by atoms with Crippen molar-refractivity contribution >= 4 is 11.4 Å². The minimum Gasteiger partial charge on any atom is -0.497 e. The molecule has 1 aliphatic heterocycles. The highest BCUT2D eigenvalue weighted by molar-refractivity contribution is 5.56. The lowest BCUT2D eigenvalue weighted by atomic mass is 10.1. The molecule has 1 fully saturated rings. The molecule has 1 N–H and O–H groups in total. The molecule has 1 aromatic heterocycles. The second-order valence-electron chi connectivity index (χ2n) is 7.13. The van der Waals surface area contributed by atoms with Crippen molar-refractivity contribution in [2.75, 3.05) is 30.4 Å².